The number of carbonyl (C=O) groups is 1. The van der Waals surface area contributed by atoms with Gasteiger partial charge in [-0.15, -0.1) is 0 Å². The third kappa shape index (κ3) is 2.96. The molecule has 4 nitrogen and oxygen atoms in total. The van der Waals surface area contributed by atoms with E-state index in [-0.39, 0.29) is 12.5 Å². The van der Waals surface area contributed by atoms with Crippen molar-refractivity contribution in [3.05, 3.63) is 66.4 Å². The fourth-order valence-electron chi connectivity index (χ4n) is 2.53. The van der Waals surface area contributed by atoms with E-state index in [0.29, 0.717) is 6.54 Å². The monoisotopic (exact) mass is 294 g/mol. The molecule has 22 heavy (non-hydrogen) atoms. The maximum absolute atomic E-state index is 12.2. The van der Waals surface area contributed by atoms with Crippen molar-refractivity contribution in [2.75, 3.05) is 7.11 Å². The molecular formula is C18H18N2O2. The quantitative estimate of drug-likeness (QED) is 0.786. The molecule has 3 rings (SSSR count). The van der Waals surface area contributed by atoms with Gasteiger partial charge < -0.3 is 14.6 Å². The Bertz CT molecular complexity index is 778. The van der Waals surface area contributed by atoms with Crippen LogP contribution in [0.3, 0.4) is 0 Å². The number of amides is 1. The average molecular weight is 294 g/mol. The topological polar surface area (TPSA) is 43.3 Å². The summed E-state index contributed by atoms with van der Waals surface area (Å²) in [4.78, 5) is 12.2. The van der Waals surface area contributed by atoms with Gasteiger partial charge in [-0.2, -0.15) is 0 Å². The highest BCUT2D eigenvalue weighted by Gasteiger charge is 2.10. The zero-order chi connectivity index (χ0) is 15.4. The summed E-state index contributed by atoms with van der Waals surface area (Å²) < 4.78 is 7.30. The number of fused-ring (bicyclic) bond motifs is 1. The van der Waals surface area contributed by atoms with E-state index >= 15 is 0 Å². The molecule has 0 atom stereocenters. The lowest BCUT2D eigenvalue weighted by atomic mass is 10.2. The molecule has 1 heterocycles. The molecule has 0 aliphatic rings. The molecule has 0 aliphatic carbocycles. The number of ether oxygens (including phenoxy) is 1. The first kappa shape index (κ1) is 14.2. The van der Waals surface area contributed by atoms with Crippen molar-refractivity contribution < 1.29 is 9.53 Å². The highest BCUT2D eigenvalue weighted by Crippen LogP contribution is 2.26. The van der Waals surface area contributed by atoms with Crippen LogP contribution in [0, 0.1) is 0 Å². The smallest absolute Gasteiger partial charge is 0.240 e. The minimum atomic E-state index is -0.0211. The number of methoxy groups -OCH3 is 1. The van der Waals surface area contributed by atoms with Crippen molar-refractivity contribution in [2.24, 2.45) is 0 Å². The molecule has 3 aromatic rings. The number of para-hydroxylation sites is 1. The third-order valence-electron chi connectivity index (χ3n) is 3.62. The highest BCUT2D eigenvalue weighted by atomic mass is 16.5. The lowest BCUT2D eigenvalue weighted by Gasteiger charge is -2.10. The molecule has 0 aliphatic heterocycles. The van der Waals surface area contributed by atoms with Gasteiger partial charge in [-0.25, -0.2) is 0 Å². The summed E-state index contributed by atoms with van der Waals surface area (Å²) in [7, 11) is 1.64. The van der Waals surface area contributed by atoms with Gasteiger partial charge in [0.25, 0.3) is 0 Å². The van der Waals surface area contributed by atoms with Gasteiger partial charge in [0.2, 0.25) is 5.91 Å². The molecule has 1 amide bonds. The lowest BCUT2D eigenvalue weighted by molar-refractivity contribution is -0.121. The first-order valence-electron chi connectivity index (χ1n) is 7.20. The van der Waals surface area contributed by atoms with Crippen molar-refractivity contribution in [1.29, 1.82) is 0 Å². The summed E-state index contributed by atoms with van der Waals surface area (Å²) in [6.07, 6.45) is 1.91. The third-order valence-corrected chi connectivity index (χ3v) is 3.62. The molecule has 2 aromatic carbocycles. The normalized spacial score (nSPS) is 10.6. The van der Waals surface area contributed by atoms with Crippen molar-refractivity contribution in [1.82, 2.24) is 9.88 Å². The fourth-order valence-corrected chi connectivity index (χ4v) is 2.53. The predicted octanol–water partition coefficient (Wildman–Crippen LogP) is 2.97. The summed E-state index contributed by atoms with van der Waals surface area (Å²) in [6, 6.07) is 17.7. The summed E-state index contributed by atoms with van der Waals surface area (Å²) in [6.45, 7) is 0.812. The van der Waals surface area contributed by atoms with Crippen molar-refractivity contribution in [3.8, 4) is 5.75 Å². The molecule has 0 spiro atoms. The Labute approximate surface area is 129 Å². The van der Waals surface area contributed by atoms with Crippen LogP contribution in [0.15, 0.2) is 60.8 Å². The average Bonchev–Trinajstić information content (AvgIpc) is 2.97. The fraction of sp³-hybridized carbons (Fsp3) is 0.167. The molecule has 0 saturated heterocycles. The maximum Gasteiger partial charge on any atom is 0.240 e. The van der Waals surface area contributed by atoms with E-state index in [1.54, 1.807) is 7.11 Å². The highest BCUT2D eigenvalue weighted by molar-refractivity contribution is 5.87. The Hall–Kier alpha value is -2.75. The molecule has 0 bridgehead atoms. The SMILES string of the molecule is COc1cccc2ccn(CC(=O)NCc3ccccc3)c12. The Kier molecular flexibility index (Phi) is 4.10. The van der Waals surface area contributed by atoms with Gasteiger partial charge in [0, 0.05) is 18.1 Å². The van der Waals surface area contributed by atoms with E-state index < -0.39 is 0 Å². The summed E-state index contributed by atoms with van der Waals surface area (Å²) in [5.41, 5.74) is 2.03. The minimum Gasteiger partial charge on any atom is -0.495 e. The number of benzene rings is 2. The van der Waals surface area contributed by atoms with Gasteiger partial charge in [-0.1, -0.05) is 42.5 Å². The van der Waals surface area contributed by atoms with E-state index in [9.17, 15) is 4.79 Å². The second-order valence-corrected chi connectivity index (χ2v) is 5.10. The molecular weight excluding hydrogens is 276 g/mol. The second kappa shape index (κ2) is 6.35. The van der Waals surface area contributed by atoms with Crippen LogP contribution in [0.1, 0.15) is 5.56 Å². The molecule has 4 heteroatoms. The van der Waals surface area contributed by atoms with E-state index in [2.05, 4.69) is 5.32 Å². The largest absolute Gasteiger partial charge is 0.495 e. The van der Waals surface area contributed by atoms with Crippen molar-refractivity contribution >= 4 is 16.8 Å². The van der Waals surface area contributed by atoms with Crippen LogP contribution in [0.5, 0.6) is 5.75 Å². The van der Waals surface area contributed by atoms with E-state index in [0.717, 1.165) is 22.2 Å². The minimum absolute atomic E-state index is 0.0211. The summed E-state index contributed by atoms with van der Waals surface area (Å²) >= 11 is 0. The number of hydrogen-bond donors (Lipinski definition) is 1. The van der Waals surface area contributed by atoms with Crippen LogP contribution in [-0.2, 0) is 17.9 Å². The van der Waals surface area contributed by atoms with Crippen LogP contribution >= 0.6 is 0 Å². The van der Waals surface area contributed by atoms with Gasteiger partial charge in [-0.05, 0) is 17.7 Å². The van der Waals surface area contributed by atoms with Crippen LogP contribution in [0.4, 0.5) is 0 Å². The van der Waals surface area contributed by atoms with Gasteiger partial charge >= 0.3 is 0 Å². The molecule has 112 valence electrons. The number of nitrogens with zero attached hydrogens (tertiary/aromatic N) is 1. The van der Waals surface area contributed by atoms with E-state index in [4.69, 9.17) is 4.74 Å². The molecule has 0 saturated carbocycles. The number of nitrogens with one attached hydrogen (secondary N) is 1. The van der Waals surface area contributed by atoms with Gasteiger partial charge in [0.15, 0.2) is 0 Å². The molecule has 1 aromatic heterocycles. The summed E-state index contributed by atoms with van der Waals surface area (Å²) in [5, 5.41) is 4.00. The second-order valence-electron chi connectivity index (χ2n) is 5.10. The Morgan fingerprint density at radius 2 is 1.91 bits per heavy atom. The number of aromatic nitrogens is 1. The molecule has 0 unspecified atom stereocenters. The molecule has 1 N–H and O–H groups in total. The molecule has 0 radical (unpaired) electrons. The Balaban J connectivity index is 1.72. The van der Waals surface area contributed by atoms with Crippen molar-refractivity contribution in [2.45, 2.75) is 13.1 Å². The number of hydrogen-bond acceptors (Lipinski definition) is 2. The zero-order valence-electron chi connectivity index (χ0n) is 12.5. The number of carbonyl (C=O) groups excluding carboxylic acids is 1. The van der Waals surface area contributed by atoms with Crippen LogP contribution in [0.25, 0.3) is 10.9 Å². The van der Waals surface area contributed by atoms with E-state index in [1.165, 1.54) is 0 Å². The first-order chi connectivity index (χ1) is 10.8. The van der Waals surface area contributed by atoms with Gasteiger partial charge in [0.05, 0.1) is 12.6 Å². The summed E-state index contributed by atoms with van der Waals surface area (Å²) in [5.74, 6) is 0.755. The van der Waals surface area contributed by atoms with Crippen molar-refractivity contribution in [3.63, 3.8) is 0 Å². The van der Waals surface area contributed by atoms with E-state index in [1.807, 2.05) is 65.4 Å². The van der Waals surface area contributed by atoms with Crippen LogP contribution < -0.4 is 10.1 Å². The van der Waals surface area contributed by atoms with Gasteiger partial charge in [-0.3, -0.25) is 4.79 Å². The number of rotatable bonds is 5. The first-order valence-corrected chi connectivity index (χ1v) is 7.20. The molecule has 0 fully saturated rings. The Morgan fingerprint density at radius 1 is 1.09 bits per heavy atom. The van der Waals surface area contributed by atoms with Crippen LogP contribution in [0.2, 0.25) is 0 Å². The maximum atomic E-state index is 12.2. The standard InChI is InChI=1S/C18H18N2O2/c1-22-16-9-5-8-15-10-11-20(18(15)16)13-17(21)19-12-14-6-3-2-4-7-14/h2-11H,12-13H2,1H3,(H,19,21). The lowest BCUT2D eigenvalue weighted by Crippen LogP contribution is -2.26. The van der Waals surface area contributed by atoms with Gasteiger partial charge in [0.1, 0.15) is 12.3 Å². The predicted molar refractivity (Wildman–Crippen MR) is 86.8 cm³/mol. The Morgan fingerprint density at radius 3 is 2.68 bits per heavy atom. The zero-order valence-corrected chi connectivity index (χ0v) is 12.5. The van der Waals surface area contributed by atoms with Crippen LogP contribution in [-0.4, -0.2) is 17.6 Å².